The van der Waals surface area contributed by atoms with Crippen molar-refractivity contribution in [3.63, 3.8) is 0 Å². The summed E-state index contributed by atoms with van der Waals surface area (Å²) in [6.45, 7) is 1.95. The van der Waals surface area contributed by atoms with Crippen molar-refractivity contribution in [2.24, 2.45) is 0 Å². The van der Waals surface area contributed by atoms with Crippen LogP contribution in [0, 0.1) is 12.7 Å². The minimum absolute atomic E-state index is 0.132. The summed E-state index contributed by atoms with van der Waals surface area (Å²) in [6, 6.07) is 4.58. The zero-order valence-corrected chi connectivity index (χ0v) is 8.23. The lowest BCUT2D eigenvalue weighted by Crippen LogP contribution is -2.26. The smallest absolute Gasteiger partial charge is 0.239 e. The first-order chi connectivity index (χ1) is 6.61. The van der Waals surface area contributed by atoms with E-state index < -0.39 is 0 Å². The number of amides is 1. The highest BCUT2D eigenvalue weighted by molar-refractivity contribution is 5.80. The van der Waals surface area contributed by atoms with E-state index >= 15 is 0 Å². The number of carbonyl (C=O) groups is 1. The number of hydrogen-bond donors (Lipinski definition) is 2. The lowest BCUT2D eigenvalue weighted by Gasteiger charge is -2.06. The predicted octanol–water partition coefficient (Wildman–Crippen LogP) is 1.29. The average molecular weight is 196 g/mol. The second-order valence-electron chi connectivity index (χ2n) is 3.04. The molecule has 4 heteroatoms. The van der Waals surface area contributed by atoms with Crippen molar-refractivity contribution < 1.29 is 9.18 Å². The van der Waals surface area contributed by atoms with Gasteiger partial charge in [0.05, 0.1) is 6.54 Å². The number of nitrogens with one attached hydrogen (secondary N) is 2. The van der Waals surface area contributed by atoms with Crippen molar-refractivity contribution in [2.75, 3.05) is 18.9 Å². The second-order valence-corrected chi connectivity index (χ2v) is 3.04. The van der Waals surface area contributed by atoms with Crippen LogP contribution in [0.3, 0.4) is 0 Å². The molecule has 0 atom stereocenters. The SMILES string of the molecule is CNC(=O)CNc1cc(C)cc(F)c1. The highest BCUT2D eigenvalue weighted by Gasteiger charge is 2.00. The van der Waals surface area contributed by atoms with E-state index in [1.807, 2.05) is 0 Å². The molecular formula is C10H13FN2O. The maximum atomic E-state index is 12.9. The van der Waals surface area contributed by atoms with Gasteiger partial charge in [-0.2, -0.15) is 0 Å². The van der Waals surface area contributed by atoms with Crippen LogP contribution in [0.1, 0.15) is 5.56 Å². The Labute approximate surface area is 82.3 Å². The number of anilines is 1. The van der Waals surface area contributed by atoms with Gasteiger partial charge in [0.25, 0.3) is 0 Å². The zero-order valence-electron chi connectivity index (χ0n) is 8.23. The van der Waals surface area contributed by atoms with Gasteiger partial charge >= 0.3 is 0 Å². The molecule has 0 saturated carbocycles. The van der Waals surface area contributed by atoms with E-state index in [1.54, 1.807) is 20.0 Å². The molecule has 0 radical (unpaired) electrons. The van der Waals surface area contributed by atoms with Gasteiger partial charge in [-0.15, -0.1) is 0 Å². The lowest BCUT2D eigenvalue weighted by molar-refractivity contribution is -0.118. The maximum Gasteiger partial charge on any atom is 0.239 e. The van der Waals surface area contributed by atoms with Crippen molar-refractivity contribution in [3.05, 3.63) is 29.6 Å². The van der Waals surface area contributed by atoms with E-state index in [9.17, 15) is 9.18 Å². The Morgan fingerprint density at radius 1 is 1.43 bits per heavy atom. The Morgan fingerprint density at radius 3 is 2.71 bits per heavy atom. The number of carbonyl (C=O) groups excluding carboxylic acids is 1. The molecule has 0 fully saturated rings. The van der Waals surface area contributed by atoms with Gasteiger partial charge in [0, 0.05) is 12.7 Å². The van der Waals surface area contributed by atoms with Crippen molar-refractivity contribution in [3.8, 4) is 0 Å². The predicted molar refractivity (Wildman–Crippen MR) is 53.7 cm³/mol. The van der Waals surface area contributed by atoms with E-state index in [0.717, 1.165) is 5.56 Å². The lowest BCUT2D eigenvalue weighted by atomic mass is 10.2. The van der Waals surface area contributed by atoms with Crippen LogP contribution < -0.4 is 10.6 Å². The molecule has 0 spiro atoms. The first kappa shape index (κ1) is 10.5. The van der Waals surface area contributed by atoms with E-state index in [1.165, 1.54) is 12.1 Å². The fourth-order valence-corrected chi connectivity index (χ4v) is 1.11. The largest absolute Gasteiger partial charge is 0.376 e. The molecule has 1 aromatic carbocycles. The molecule has 1 amide bonds. The standard InChI is InChI=1S/C10H13FN2O/c1-7-3-8(11)5-9(4-7)13-6-10(14)12-2/h3-5,13H,6H2,1-2H3,(H,12,14). The van der Waals surface area contributed by atoms with Gasteiger partial charge in [0.1, 0.15) is 5.82 Å². The molecular weight excluding hydrogens is 183 g/mol. The molecule has 0 aromatic heterocycles. The van der Waals surface area contributed by atoms with Gasteiger partial charge in [-0.1, -0.05) is 0 Å². The monoisotopic (exact) mass is 196 g/mol. The summed E-state index contributed by atoms with van der Waals surface area (Å²) >= 11 is 0. The summed E-state index contributed by atoms with van der Waals surface area (Å²) in [5, 5.41) is 5.29. The Kier molecular flexibility index (Phi) is 3.45. The molecule has 1 aromatic rings. The molecule has 76 valence electrons. The van der Waals surface area contributed by atoms with Gasteiger partial charge in [-0.25, -0.2) is 4.39 Å². The number of benzene rings is 1. The molecule has 0 unspecified atom stereocenters. The van der Waals surface area contributed by atoms with Gasteiger partial charge in [0.2, 0.25) is 5.91 Å². The molecule has 0 heterocycles. The van der Waals surface area contributed by atoms with Crippen LogP contribution in [0.25, 0.3) is 0 Å². The van der Waals surface area contributed by atoms with Gasteiger partial charge in [-0.05, 0) is 30.7 Å². The summed E-state index contributed by atoms with van der Waals surface area (Å²) in [5.41, 5.74) is 1.44. The van der Waals surface area contributed by atoms with Gasteiger partial charge < -0.3 is 10.6 Å². The number of halogens is 1. The van der Waals surface area contributed by atoms with E-state index in [2.05, 4.69) is 10.6 Å². The first-order valence-corrected chi connectivity index (χ1v) is 4.33. The summed E-state index contributed by atoms with van der Waals surface area (Å²) in [7, 11) is 1.56. The molecule has 1 rings (SSSR count). The summed E-state index contributed by atoms with van der Waals surface area (Å²) in [5.74, 6) is -0.434. The second kappa shape index (κ2) is 4.60. The van der Waals surface area contributed by atoms with Crippen molar-refractivity contribution in [1.82, 2.24) is 5.32 Å². The zero-order chi connectivity index (χ0) is 10.6. The minimum atomic E-state index is -0.301. The molecule has 0 aliphatic rings. The number of hydrogen-bond acceptors (Lipinski definition) is 2. The normalized spacial score (nSPS) is 9.64. The number of aryl methyl sites for hydroxylation is 1. The van der Waals surface area contributed by atoms with Crippen molar-refractivity contribution >= 4 is 11.6 Å². The van der Waals surface area contributed by atoms with Crippen LogP contribution in [0.15, 0.2) is 18.2 Å². The topological polar surface area (TPSA) is 41.1 Å². The molecule has 0 aliphatic carbocycles. The fourth-order valence-electron chi connectivity index (χ4n) is 1.11. The van der Waals surface area contributed by atoms with Crippen molar-refractivity contribution in [2.45, 2.75) is 6.92 Å². The Balaban J connectivity index is 2.63. The Morgan fingerprint density at radius 2 is 2.14 bits per heavy atom. The van der Waals surface area contributed by atoms with Crippen LogP contribution in [0.5, 0.6) is 0 Å². The third kappa shape index (κ3) is 3.05. The summed E-state index contributed by atoms with van der Waals surface area (Å²) in [4.78, 5) is 10.9. The molecule has 0 aliphatic heterocycles. The van der Waals surface area contributed by atoms with Crippen LogP contribution in [0.2, 0.25) is 0 Å². The third-order valence-electron chi connectivity index (χ3n) is 1.77. The van der Waals surface area contributed by atoms with E-state index in [0.29, 0.717) is 5.69 Å². The van der Waals surface area contributed by atoms with E-state index in [-0.39, 0.29) is 18.3 Å². The van der Waals surface area contributed by atoms with Crippen molar-refractivity contribution in [1.29, 1.82) is 0 Å². The minimum Gasteiger partial charge on any atom is -0.376 e. The molecule has 0 saturated heterocycles. The van der Waals surface area contributed by atoms with E-state index in [4.69, 9.17) is 0 Å². The Bertz CT molecular complexity index is 319. The summed E-state index contributed by atoms with van der Waals surface area (Å²) in [6.07, 6.45) is 0. The van der Waals surface area contributed by atoms with Gasteiger partial charge in [-0.3, -0.25) is 4.79 Å². The number of rotatable bonds is 3. The highest BCUT2D eigenvalue weighted by atomic mass is 19.1. The third-order valence-corrected chi connectivity index (χ3v) is 1.77. The average Bonchev–Trinajstić information content (AvgIpc) is 2.12. The molecule has 2 N–H and O–H groups in total. The van der Waals surface area contributed by atoms with Crippen LogP contribution in [-0.2, 0) is 4.79 Å². The van der Waals surface area contributed by atoms with Crippen LogP contribution >= 0.6 is 0 Å². The quantitative estimate of drug-likeness (QED) is 0.764. The summed E-state index contributed by atoms with van der Waals surface area (Å²) < 4.78 is 12.9. The fraction of sp³-hybridized carbons (Fsp3) is 0.300. The van der Waals surface area contributed by atoms with Crippen LogP contribution in [-0.4, -0.2) is 19.5 Å². The first-order valence-electron chi connectivity index (χ1n) is 4.33. The molecule has 3 nitrogen and oxygen atoms in total. The molecule has 14 heavy (non-hydrogen) atoms. The number of likely N-dealkylation sites (N-methyl/N-ethyl adjacent to an activating group) is 1. The molecule has 0 bridgehead atoms. The van der Waals surface area contributed by atoms with Gasteiger partial charge in [0.15, 0.2) is 0 Å². The highest BCUT2D eigenvalue weighted by Crippen LogP contribution is 2.12. The van der Waals surface area contributed by atoms with Crippen LogP contribution in [0.4, 0.5) is 10.1 Å². The maximum absolute atomic E-state index is 12.9. The Hall–Kier alpha value is -1.58.